The van der Waals surface area contributed by atoms with Crippen molar-refractivity contribution in [3.63, 3.8) is 0 Å². The molecule has 1 aromatic heterocycles. The number of ether oxygens (including phenoxy) is 1. The summed E-state index contributed by atoms with van der Waals surface area (Å²) in [7, 11) is 1.59. The number of aromatic nitrogens is 1. The van der Waals surface area contributed by atoms with Crippen LogP contribution in [0.15, 0.2) is 77.9 Å². The maximum Gasteiger partial charge on any atom is 0.272 e. The summed E-state index contributed by atoms with van der Waals surface area (Å²) in [5.74, 6) is 0.194. The highest BCUT2D eigenvalue weighted by molar-refractivity contribution is 6.09. The van der Waals surface area contributed by atoms with E-state index in [4.69, 9.17) is 9.72 Å². The average molecular weight is 441 g/mol. The summed E-state index contributed by atoms with van der Waals surface area (Å²) in [6.07, 6.45) is 0.431. The zero-order valence-electron chi connectivity index (χ0n) is 18.2. The summed E-state index contributed by atoms with van der Waals surface area (Å²) in [5, 5.41) is 24.8. The second kappa shape index (κ2) is 9.40. The van der Waals surface area contributed by atoms with Gasteiger partial charge in [-0.15, -0.1) is 0 Å². The smallest absolute Gasteiger partial charge is 0.272 e. The van der Waals surface area contributed by atoms with Gasteiger partial charge in [0.05, 0.1) is 29.6 Å². The molecule has 3 N–H and O–H groups in total. The second-order valence-corrected chi connectivity index (χ2v) is 7.33. The van der Waals surface area contributed by atoms with Crippen LogP contribution in [0.25, 0.3) is 22.2 Å². The van der Waals surface area contributed by atoms with E-state index in [1.807, 2.05) is 55.5 Å². The first kappa shape index (κ1) is 21.8. The van der Waals surface area contributed by atoms with Crippen molar-refractivity contribution >= 4 is 22.5 Å². The number of carbonyl (C=O) groups excluding carboxylic acids is 1. The lowest BCUT2D eigenvalue weighted by Crippen LogP contribution is -2.20. The van der Waals surface area contributed by atoms with E-state index in [0.29, 0.717) is 45.6 Å². The van der Waals surface area contributed by atoms with Gasteiger partial charge in [0.25, 0.3) is 5.91 Å². The van der Waals surface area contributed by atoms with E-state index in [9.17, 15) is 15.0 Å². The van der Waals surface area contributed by atoms with Crippen LogP contribution in [0, 0.1) is 0 Å². The van der Waals surface area contributed by atoms with Gasteiger partial charge in [0.1, 0.15) is 17.2 Å². The summed E-state index contributed by atoms with van der Waals surface area (Å²) >= 11 is 0. The molecular formula is C26H23N3O4. The predicted molar refractivity (Wildman–Crippen MR) is 128 cm³/mol. The third-order valence-electron chi connectivity index (χ3n) is 5.26. The number of fused-ring (bicyclic) bond motifs is 1. The van der Waals surface area contributed by atoms with E-state index in [-0.39, 0.29) is 11.5 Å². The Kier molecular flexibility index (Phi) is 6.22. The Morgan fingerprint density at radius 1 is 1.00 bits per heavy atom. The first-order valence-electron chi connectivity index (χ1n) is 10.4. The lowest BCUT2D eigenvalue weighted by atomic mass is 10.0. The number of hydrazone groups is 1. The number of rotatable bonds is 6. The highest BCUT2D eigenvalue weighted by Gasteiger charge is 2.16. The van der Waals surface area contributed by atoms with Gasteiger partial charge in [-0.1, -0.05) is 37.3 Å². The molecule has 0 radical (unpaired) electrons. The van der Waals surface area contributed by atoms with Crippen molar-refractivity contribution in [2.75, 3.05) is 7.11 Å². The third kappa shape index (κ3) is 4.48. The van der Waals surface area contributed by atoms with E-state index < -0.39 is 5.91 Å². The second-order valence-electron chi connectivity index (χ2n) is 7.33. The number of amides is 1. The van der Waals surface area contributed by atoms with Crippen LogP contribution in [0.5, 0.6) is 17.2 Å². The van der Waals surface area contributed by atoms with Crippen molar-refractivity contribution in [2.45, 2.75) is 13.3 Å². The number of aromatic hydroxyl groups is 2. The summed E-state index contributed by atoms with van der Waals surface area (Å²) in [5.41, 5.74) is 5.81. The minimum absolute atomic E-state index is 0.00291. The lowest BCUT2D eigenvalue weighted by Gasteiger charge is -2.12. The Balaban J connectivity index is 1.76. The molecule has 7 heteroatoms. The van der Waals surface area contributed by atoms with E-state index in [1.54, 1.807) is 13.2 Å². The Morgan fingerprint density at radius 2 is 1.76 bits per heavy atom. The SMILES string of the molecule is CC/C(=N/NC(=O)c1cc(-c2ccccc2OC)nc2ccccc12)c1cc(O)ccc1O. The molecule has 166 valence electrons. The lowest BCUT2D eigenvalue weighted by molar-refractivity contribution is 0.0956. The molecule has 7 nitrogen and oxygen atoms in total. The summed E-state index contributed by atoms with van der Waals surface area (Å²) in [6.45, 7) is 1.84. The molecule has 0 spiro atoms. The van der Waals surface area contributed by atoms with Gasteiger partial charge >= 0.3 is 0 Å². The van der Waals surface area contributed by atoms with Crippen molar-refractivity contribution in [1.29, 1.82) is 0 Å². The first-order chi connectivity index (χ1) is 16.0. The number of methoxy groups -OCH3 is 1. The van der Waals surface area contributed by atoms with E-state index in [2.05, 4.69) is 10.5 Å². The van der Waals surface area contributed by atoms with Crippen molar-refractivity contribution in [1.82, 2.24) is 10.4 Å². The molecule has 1 heterocycles. The number of pyridine rings is 1. The number of phenolic OH excluding ortho intramolecular Hbond substituents is 2. The van der Waals surface area contributed by atoms with Crippen LogP contribution in [0.2, 0.25) is 0 Å². The van der Waals surface area contributed by atoms with Crippen LogP contribution in [-0.4, -0.2) is 33.9 Å². The third-order valence-corrected chi connectivity index (χ3v) is 5.26. The minimum Gasteiger partial charge on any atom is -0.508 e. The van der Waals surface area contributed by atoms with Gasteiger partial charge in [0.15, 0.2) is 0 Å². The Morgan fingerprint density at radius 3 is 2.55 bits per heavy atom. The van der Waals surface area contributed by atoms with Gasteiger partial charge in [0, 0.05) is 16.5 Å². The normalized spacial score (nSPS) is 11.4. The Hall–Kier alpha value is -4.39. The molecule has 4 rings (SSSR count). The Bertz CT molecular complexity index is 1370. The highest BCUT2D eigenvalue weighted by Crippen LogP contribution is 2.31. The quantitative estimate of drug-likeness (QED) is 0.225. The maximum absolute atomic E-state index is 13.2. The summed E-state index contributed by atoms with van der Waals surface area (Å²) in [4.78, 5) is 17.9. The van der Waals surface area contributed by atoms with Crippen molar-refractivity contribution < 1.29 is 19.7 Å². The number of hydrogen-bond acceptors (Lipinski definition) is 6. The van der Waals surface area contributed by atoms with Crippen LogP contribution >= 0.6 is 0 Å². The van der Waals surface area contributed by atoms with Crippen LogP contribution < -0.4 is 10.2 Å². The summed E-state index contributed by atoms with van der Waals surface area (Å²) in [6, 6.07) is 20.7. The van der Waals surface area contributed by atoms with E-state index in [1.165, 1.54) is 18.2 Å². The van der Waals surface area contributed by atoms with Crippen molar-refractivity contribution in [2.24, 2.45) is 5.10 Å². The number of benzene rings is 3. The van der Waals surface area contributed by atoms with E-state index >= 15 is 0 Å². The number of para-hydroxylation sites is 2. The van der Waals surface area contributed by atoms with Gasteiger partial charge in [0.2, 0.25) is 0 Å². The maximum atomic E-state index is 13.2. The van der Waals surface area contributed by atoms with Gasteiger partial charge in [-0.3, -0.25) is 4.79 Å². The van der Waals surface area contributed by atoms with Crippen molar-refractivity contribution in [3.05, 3.63) is 83.9 Å². The molecule has 4 aromatic rings. The molecule has 0 saturated carbocycles. The predicted octanol–water partition coefficient (Wildman–Crippen LogP) is 4.87. The fourth-order valence-corrected chi connectivity index (χ4v) is 3.62. The van der Waals surface area contributed by atoms with Gasteiger partial charge in [-0.05, 0) is 48.9 Å². The number of phenols is 2. The number of nitrogens with zero attached hydrogens (tertiary/aromatic N) is 2. The molecule has 0 aliphatic carbocycles. The molecule has 0 unspecified atom stereocenters. The standard InChI is InChI=1S/C26H23N3O4/c1-3-21(20-14-16(30)12-13-24(20)31)28-29-26(32)19-15-23(18-9-5-7-11-25(18)33-2)27-22-10-6-4-8-17(19)22/h4-15,30-31H,3H2,1-2H3,(H,29,32)/b28-21-. The van der Waals surface area contributed by atoms with E-state index in [0.717, 1.165) is 5.56 Å². The molecule has 3 aromatic carbocycles. The molecule has 0 atom stereocenters. The zero-order valence-corrected chi connectivity index (χ0v) is 18.2. The van der Waals surface area contributed by atoms with Crippen molar-refractivity contribution in [3.8, 4) is 28.5 Å². The number of carbonyl (C=O) groups is 1. The Labute approximate surface area is 191 Å². The largest absolute Gasteiger partial charge is 0.508 e. The number of hydrogen-bond donors (Lipinski definition) is 3. The van der Waals surface area contributed by atoms with Gasteiger partial charge in [-0.25, -0.2) is 10.4 Å². The first-order valence-corrected chi connectivity index (χ1v) is 10.4. The number of nitrogens with one attached hydrogen (secondary N) is 1. The van der Waals surface area contributed by atoms with Crippen LogP contribution in [0.4, 0.5) is 0 Å². The zero-order chi connectivity index (χ0) is 23.4. The van der Waals surface area contributed by atoms with Crippen LogP contribution in [-0.2, 0) is 0 Å². The molecule has 0 saturated heterocycles. The molecule has 0 aliphatic rings. The highest BCUT2D eigenvalue weighted by atomic mass is 16.5. The fourth-order valence-electron chi connectivity index (χ4n) is 3.62. The van der Waals surface area contributed by atoms with Gasteiger partial charge < -0.3 is 14.9 Å². The average Bonchev–Trinajstić information content (AvgIpc) is 2.85. The molecule has 33 heavy (non-hydrogen) atoms. The fraction of sp³-hybridized carbons (Fsp3) is 0.115. The molecule has 1 amide bonds. The van der Waals surface area contributed by atoms with Crippen LogP contribution in [0.3, 0.4) is 0 Å². The summed E-state index contributed by atoms with van der Waals surface area (Å²) < 4.78 is 5.47. The molecular weight excluding hydrogens is 418 g/mol. The van der Waals surface area contributed by atoms with Crippen LogP contribution in [0.1, 0.15) is 29.3 Å². The molecule has 0 aliphatic heterocycles. The topological polar surface area (TPSA) is 104 Å². The molecule has 0 bridgehead atoms. The monoisotopic (exact) mass is 441 g/mol. The molecule has 0 fully saturated rings. The van der Waals surface area contributed by atoms with Gasteiger partial charge in [-0.2, -0.15) is 5.10 Å². The minimum atomic E-state index is -0.421.